The van der Waals surface area contributed by atoms with E-state index in [2.05, 4.69) is 0 Å². The minimum atomic E-state index is -0.775. The minimum Gasteiger partial charge on any atom is -0.465 e. The van der Waals surface area contributed by atoms with Gasteiger partial charge in [0.25, 0.3) is 0 Å². The zero-order valence-corrected chi connectivity index (χ0v) is 15.0. The molecule has 0 heterocycles. The van der Waals surface area contributed by atoms with Crippen LogP contribution in [-0.4, -0.2) is 18.9 Å². The number of carbonyl (C=O) groups excluding carboxylic acids is 2. The number of methoxy groups -OCH3 is 1. The van der Waals surface area contributed by atoms with Crippen molar-refractivity contribution in [2.45, 2.75) is 26.2 Å². The predicted octanol–water partition coefficient (Wildman–Crippen LogP) is 4.18. The van der Waals surface area contributed by atoms with E-state index in [0.717, 1.165) is 16.7 Å². The molecule has 25 heavy (non-hydrogen) atoms. The molecule has 3 rings (SSSR count). The lowest BCUT2D eigenvalue weighted by Crippen LogP contribution is -2.40. The minimum absolute atomic E-state index is 0.157. The Morgan fingerprint density at radius 3 is 1.92 bits per heavy atom. The summed E-state index contributed by atoms with van der Waals surface area (Å²) in [7, 11) is 1.32. The fraction of sp³-hybridized carbons (Fsp3) is 0.273. The molecule has 0 aliphatic heterocycles. The summed E-state index contributed by atoms with van der Waals surface area (Å²) in [5.41, 5.74) is 1.35. The quantitative estimate of drug-likeness (QED) is 0.625. The van der Waals surface area contributed by atoms with Crippen LogP contribution in [0.5, 0.6) is 0 Å². The first-order valence-electron chi connectivity index (χ1n) is 8.34. The van der Waals surface area contributed by atoms with E-state index in [4.69, 9.17) is 4.74 Å². The standard InChI is InChI=1S/C22H22O3/c1-21(2)19(23)17(20(24)25-4)18(15-11-7-5-8-12-15)22(21,3)16-13-9-6-10-14-16/h5-14H,1-4H3/t22-/m1/s1. The largest absolute Gasteiger partial charge is 0.465 e. The predicted molar refractivity (Wildman–Crippen MR) is 98.0 cm³/mol. The van der Waals surface area contributed by atoms with Crippen LogP contribution >= 0.6 is 0 Å². The lowest BCUT2D eigenvalue weighted by Gasteiger charge is -2.40. The number of hydrogen-bond donors (Lipinski definition) is 0. The third-order valence-corrected chi connectivity index (χ3v) is 5.60. The van der Waals surface area contributed by atoms with E-state index in [1.165, 1.54) is 7.11 Å². The number of Topliss-reactive ketones (excluding diaryl/α,β-unsaturated/α-hetero) is 1. The third kappa shape index (κ3) is 2.34. The van der Waals surface area contributed by atoms with E-state index in [-0.39, 0.29) is 11.4 Å². The van der Waals surface area contributed by atoms with Gasteiger partial charge >= 0.3 is 5.97 Å². The maximum atomic E-state index is 13.2. The average molecular weight is 334 g/mol. The molecule has 0 saturated carbocycles. The van der Waals surface area contributed by atoms with Crippen molar-refractivity contribution in [3.63, 3.8) is 0 Å². The molecule has 0 saturated heterocycles. The van der Waals surface area contributed by atoms with Gasteiger partial charge in [-0.2, -0.15) is 0 Å². The summed E-state index contributed by atoms with van der Waals surface area (Å²) in [5, 5.41) is 0. The summed E-state index contributed by atoms with van der Waals surface area (Å²) in [6.45, 7) is 5.85. The number of carbonyl (C=O) groups is 2. The summed E-state index contributed by atoms with van der Waals surface area (Å²) in [6, 6.07) is 19.5. The monoisotopic (exact) mass is 334 g/mol. The van der Waals surface area contributed by atoms with E-state index in [0.29, 0.717) is 0 Å². The van der Waals surface area contributed by atoms with Crippen LogP contribution in [0.15, 0.2) is 66.2 Å². The van der Waals surface area contributed by atoms with Crippen LogP contribution in [0, 0.1) is 5.41 Å². The van der Waals surface area contributed by atoms with Crippen molar-refractivity contribution < 1.29 is 14.3 Å². The summed E-state index contributed by atoms with van der Waals surface area (Å²) in [4.78, 5) is 25.8. The van der Waals surface area contributed by atoms with Gasteiger partial charge in [0.15, 0.2) is 5.78 Å². The summed E-state index contributed by atoms with van der Waals surface area (Å²) in [6.07, 6.45) is 0. The highest BCUT2D eigenvalue weighted by Gasteiger charge is 2.59. The number of hydrogen-bond acceptors (Lipinski definition) is 3. The van der Waals surface area contributed by atoms with E-state index in [1.54, 1.807) is 0 Å². The van der Waals surface area contributed by atoms with Gasteiger partial charge in [0.1, 0.15) is 5.57 Å². The lowest BCUT2D eigenvalue weighted by molar-refractivity contribution is -0.138. The molecule has 3 heteroatoms. The third-order valence-electron chi connectivity index (χ3n) is 5.60. The van der Waals surface area contributed by atoms with Gasteiger partial charge in [-0.15, -0.1) is 0 Å². The second kappa shape index (κ2) is 5.99. The van der Waals surface area contributed by atoms with Crippen LogP contribution in [0.2, 0.25) is 0 Å². The molecule has 0 spiro atoms. The normalized spacial score (nSPS) is 22.2. The Morgan fingerprint density at radius 1 is 0.880 bits per heavy atom. The summed E-state index contributed by atoms with van der Waals surface area (Å²) in [5.74, 6) is -0.749. The molecule has 3 nitrogen and oxygen atoms in total. The fourth-order valence-corrected chi connectivity index (χ4v) is 3.83. The number of benzene rings is 2. The maximum Gasteiger partial charge on any atom is 0.341 e. The topological polar surface area (TPSA) is 43.4 Å². The van der Waals surface area contributed by atoms with Crippen molar-refractivity contribution in [3.8, 4) is 0 Å². The molecule has 0 aromatic heterocycles. The molecule has 2 aromatic rings. The highest BCUT2D eigenvalue weighted by molar-refractivity contribution is 6.29. The molecular formula is C22H22O3. The first-order chi connectivity index (χ1) is 11.9. The van der Waals surface area contributed by atoms with Crippen LogP contribution in [-0.2, 0) is 19.7 Å². The number of rotatable bonds is 3. The Kier molecular flexibility index (Phi) is 4.11. The lowest BCUT2D eigenvalue weighted by atomic mass is 9.61. The van der Waals surface area contributed by atoms with Crippen LogP contribution < -0.4 is 0 Å². The Labute approximate surface area is 148 Å². The average Bonchev–Trinajstić information content (AvgIpc) is 2.81. The van der Waals surface area contributed by atoms with Gasteiger partial charge in [-0.1, -0.05) is 81.4 Å². The van der Waals surface area contributed by atoms with E-state index in [1.807, 2.05) is 81.4 Å². The van der Waals surface area contributed by atoms with E-state index in [9.17, 15) is 9.59 Å². The molecule has 128 valence electrons. The van der Waals surface area contributed by atoms with Gasteiger partial charge < -0.3 is 4.74 Å². The number of ketones is 1. The van der Waals surface area contributed by atoms with E-state index < -0.39 is 16.8 Å². The van der Waals surface area contributed by atoms with Gasteiger partial charge in [-0.25, -0.2) is 4.79 Å². The Balaban J connectivity index is 2.40. The number of allylic oxidation sites excluding steroid dienone is 1. The SMILES string of the molecule is COC(=O)C1=C(c2ccccc2)[C@@](C)(c2ccccc2)C(C)(C)C1=O. The van der Waals surface area contributed by atoms with Crippen molar-refractivity contribution in [1.29, 1.82) is 0 Å². The zero-order chi connectivity index (χ0) is 18.2. The molecule has 1 aliphatic rings. The second-order valence-electron chi connectivity index (χ2n) is 7.05. The van der Waals surface area contributed by atoms with Gasteiger partial charge in [0, 0.05) is 10.8 Å². The molecule has 0 radical (unpaired) electrons. The number of esters is 1. The molecule has 1 atom stereocenters. The molecule has 0 unspecified atom stereocenters. The molecule has 0 bridgehead atoms. The zero-order valence-electron chi connectivity index (χ0n) is 15.0. The van der Waals surface area contributed by atoms with Crippen LogP contribution in [0.1, 0.15) is 31.9 Å². The Bertz CT molecular complexity index is 847. The molecule has 0 amide bonds. The van der Waals surface area contributed by atoms with Crippen LogP contribution in [0.25, 0.3) is 5.57 Å². The van der Waals surface area contributed by atoms with Crippen molar-refractivity contribution >= 4 is 17.3 Å². The fourth-order valence-electron chi connectivity index (χ4n) is 3.83. The van der Waals surface area contributed by atoms with Crippen LogP contribution in [0.4, 0.5) is 0 Å². The van der Waals surface area contributed by atoms with E-state index >= 15 is 0 Å². The smallest absolute Gasteiger partial charge is 0.341 e. The molecular weight excluding hydrogens is 312 g/mol. The summed E-state index contributed by atoms with van der Waals surface area (Å²) >= 11 is 0. The van der Waals surface area contributed by atoms with Gasteiger partial charge in [0.05, 0.1) is 7.11 Å². The van der Waals surface area contributed by atoms with Crippen molar-refractivity contribution in [1.82, 2.24) is 0 Å². The summed E-state index contributed by atoms with van der Waals surface area (Å²) < 4.78 is 4.96. The number of ether oxygens (including phenoxy) is 1. The molecule has 1 aliphatic carbocycles. The maximum absolute atomic E-state index is 13.2. The Hall–Kier alpha value is -2.68. The van der Waals surface area contributed by atoms with Crippen molar-refractivity contribution in [2.24, 2.45) is 5.41 Å². The van der Waals surface area contributed by atoms with Crippen LogP contribution in [0.3, 0.4) is 0 Å². The van der Waals surface area contributed by atoms with Gasteiger partial charge in [-0.3, -0.25) is 4.79 Å². The van der Waals surface area contributed by atoms with Gasteiger partial charge in [0.2, 0.25) is 0 Å². The Morgan fingerprint density at radius 2 is 1.40 bits per heavy atom. The first kappa shape index (κ1) is 17.2. The van der Waals surface area contributed by atoms with Crippen molar-refractivity contribution in [2.75, 3.05) is 7.11 Å². The highest BCUT2D eigenvalue weighted by Crippen LogP contribution is 2.58. The van der Waals surface area contributed by atoms with Gasteiger partial charge in [-0.05, 0) is 16.7 Å². The van der Waals surface area contributed by atoms with Crippen molar-refractivity contribution in [3.05, 3.63) is 77.4 Å². The highest BCUT2D eigenvalue weighted by atomic mass is 16.5. The molecule has 2 aromatic carbocycles. The molecule has 0 fully saturated rings. The first-order valence-corrected chi connectivity index (χ1v) is 8.34. The second-order valence-corrected chi connectivity index (χ2v) is 7.05. The molecule has 0 N–H and O–H groups in total.